The van der Waals surface area contributed by atoms with Crippen LogP contribution in [0.25, 0.3) is 6.08 Å². The molecule has 0 saturated carbocycles. The van der Waals surface area contributed by atoms with Crippen molar-refractivity contribution in [3.8, 4) is 23.3 Å². The Hall–Kier alpha value is -3.99. The minimum atomic E-state index is -0.905. The van der Waals surface area contributed by atoms with Crippen LogP contribution in [0.15, 0.2) is 48.0 Å². The molecule has 0 unspecified atom stereocenters. The van der Waals surface area contributed by atoms with E-state index in [0.717, 1.165) is 0 Å². The monoisotopic (exact) mass is 396 g/mol. The summed E-state index contributed by atoms with van der Waals surface area (Å²) in [5.41, 5.74) is 0.793. The minimum Gasteiger partial charge on any atom is -0.497 e. The van der Waals surface area contributed by atoms with E-state index >= 15 is 0 Å². The molecule has 2 aromatic carbocycles. The zero-order valence-electron chi connectivity index (χ0n) is 16.2. The zero-order chi connectivity index (χ0) is 21.2. The summed E-state index contributed by atoms with van der Waals surface area (Å²) in [4.78, 5) is 24.2. The standard InChI is InChI=1S/C21H20N2O6/c1-26-17-6-4-5-14(10-17)9-15(12-22)21(25)29-13-20(24)23-16-7-8-18(27-2)19(11-16)28-3/h4-11H,13H2,1-3H3,(H,23,24)/b15-9+. The number of methoxy groups -OCH3 is 3. The van der Waals surface area contributed by atoms with E-state index in [4.69, 9.17) is 18.9 Å². The van der Waals surface area contributed by atoms with E-state index in [1.165, 1.54) is 27.4 Å². The average Bonchev–Trinajstić information content (AvgIpc) is 2.75. The van der Waals surface area contributed by atoms with Gasteiger partial charge in [-0.15, -0.1) is 0 Å². The summed E-state index contributed by atoms with van der Waals surface area (Å²) in [6, 6.07) is 13.4. The van der Waals surface area contributed by atoms with E-state index in [0.29, 0.717) is 28.5 Å². The van der Waals surface area contributed by atoms with Crippen LogP contribution in [0.3, 0.4) is 0 Å². The molecule has 0 aliphatic carbocycles. The molecule has 0 aromatic heterocycles. The Kier molecular flexibility index (Phi) is 7.62. The summed E-state index contributed by atoms with van der Waals surface area (Å²) in [5, 5.41) is 11.8. The molecule has 0 saturated heterocycles. The lowest BCUT2D eigenvalue weighted by Gasteiger charge is -2.10. The van der Waals surface area contributed by atoms with Crippen LogP contribution in [-0.2, 0) is 14.3 Å². The Balaban J connectivity index is 1.99. The summed E-state index contributed by atoms with van der Waals surface area (Å²) in [6.45, 7) is -0.551. The lowest BCUT2D eigenvalue weighted by Crippen LogP contribution is -2.21. The molecule has 2 rings (SSSR count). The molecule has 8 nitrogen and oxygen atoms in total. The number of ether oxygens (including phenoxy) is 4. The van der Waals surface area contributed by atoms with Gasteiger partial charge in [-0.1, -0.05) is 12.1 Å². The van der Waals surface area contributed by atoms with Gasteiger partial charge in [0.15, 0.2) is 18.1 Å². The predicted octanol–water partition coefficient (Wildman–Crippen LogP) is 2.80. The number of carbonyl (C=O) groups excluding carboxylic acids is 2. The Labute approximate surface area is 168 Å². The van der Waals surface area contributed by atoms with Crippen molar-refractivity contribution in [2.75, 3.05) is 33.3 Å². The van der Waals surface area contributed by atoms with Gasteiger partial charge in [0, 0.05) is 11.8 Å². The highest BCUT2D eigenvalue weighted by molar-refractivity contribution is 6.00. The molecule has 0 aliphatic heterocycles. The van der Waals surface area contributed by atoms with E-state index in [-0.39, 0.29) is 5.57 Å². The van der Waals surface area contributed by atoms with Crippen molar-refractivity contribution in [2.45, 2.75) is 0 Å². The SMILES string of the molecule is COc1cccc(/C=C(\C#N)C(=O)OCC(=O)Nc2ccc(OC)c(OC)c2)c1. The average molecular weight is 396 g/mol. The molecule has 0 atom stereocenters. The highest BCUT2D eigenvalue weighted by Gasteiger charge is 2.14. The first kappa shape index (κ1) is 21.3. The van der Waals surface area contributed by atoms with Gasteiger partial charge in [-0.3, -0.25) is 4.79 Å². The fourth-order valence-electron chi connectivity index (χ4n) is 2.35. The summed E-state index contributed by atoms with van der Waals surface area (Å²) in [5.74, 6) is 0.0641. The van der Waals surface area contributed by atoms with Crippen molar-refractivity contribution in [3.05, 3.63) is 53.6 Å². The molecule has 0 aliphatic rings. The highest BCUT2D eigenvalue weighted by Crippen LogP contribution is 2.29. The van der Waals surface area contributed by atoms with Crippen molar-refractivity contribution in [2.24, 2.45) is 0 Å². The molecule has 2 aromatic rings. The molecule has 0 bridgehead atoms. The number of rotatable bonds is 8. The number of hydrogen-bond donors (Lipinski definition) is 1. The Bertz CT molecular complexity index is 962. The molecule has 1 N–H and O–H groups in total. The van der Waals surface area contributed by atoms with Gasteiger partial charge in [0.2, 0.25) is 0 Å². The van der Waals surface area contributed by atoms with Crippen LogP contribution < -0.4 is 19.5 Å². The number of nitriles is 1. The first-order valence-electron chi connectivity index (χ1n) is 8.45. The molecule has 0 radical (unpaired) electrons. The maximum absolute atomic E-state index is 12.1. The molecule has 1 amide bonds. The topological polar surface area (TPSA) is 107 Å². The number of nitrogens with zero attached hydrogens (tertiary/aromatic N) is 1. The van der Waals surface area contributed by atoms with E-state index in [2.05, 4.69) is 5.32 Å². The molecular formula is C21H20N2O6. The van der Waals surface area contributed by atoms with E-state index in [1.54, 1.807) is 48.5 Å². The third-order valence-corrected chi connectivity index (χ3v) is 3.75. The summed E-state index contributed by atoms with van der Waals surface area (Å²) < 4.78 is 20.3. The number of anilines is 1. The fraction of sp³-hybridized carbons (Fsp3) is 0.190. The van der Waals surface area contributed by atoms with Gasteiger partial charge < -0.3 is 24.3 Å². The van der Waals surface area contributed by atoms with Gasteiger partial charge in [0.05, 0.1) is 21.3 Å². The van der Waals surface area contributed by atoms with Gasteiger partial charge in [-0.2, -0.15) is 5.26 Å². The number of esters is 1. The third kappa shape index (κ3) is 6.01. The van der Waals surface area contributed by atoms with Crippen molar-refractivity contribution < 1.29 is 28.5 Å². The smallest absolute Gasteiger partial charge is 0.349 e. The van der Waals surface area contributed by atoms with E-state index < -0.39 is 18.5 Å². The molecule has 29 heavy (non-hydrogen) atoms. The van der Waals surface area contributed by atoms with Crippen LogP contribution in [0.4, 0.5) is 5.69 Å². The van der Waals surface area contributed by atoms with Crippen LogP contribution in [0, 0.1) is 11.3 Å². The molecular weight excluding hydrogens is 376 g/mol. The Morgan fingerprint density at radius 1 is 1.03 bits per heavy atom. The highest BCUT2D eigenvalue weighted by atomic mass is 16.5. The fourth-order valence-corrected chi connectivity index (χ4v) is 2.35. The number of benzene rings is 2. The van der Waals surface area contributed by atoms with Gasteiger partial charge in [0.1, 0.15) is 17.4 Å². The second kappa shape index (κ2) is 10.4. The lowest BCUT2D eigenvalue weighted by atomic mass is 10.1. The lowest BCUT2D eigenvalue weighted by molar-refractivity contribution is -0.142. The first-order valence-corrected chi connectivity index (χ1v) is 8.45. The van der Waals surface area contributed by atoms with Crippen LogP contribution in [-0.4, -0.2) is 39.8 Å². The minimum absolute atomic E-state index is 0.239. The van der Waals surface area contributed by atoms with Crippen LogP contribution in [0.2, 0.25) is 0 Å². The summed E-state index contributed by atoms with van der Waals surface area (Å²) in [7, 11) is 4.49. The van der Waals surface area contributed by atoms with Crippen LogP contribution in [0.5, 0.6) is 17.2 Å². The quantitative estimate of drug-likeness (QED) is 0.415. The summed E-state index contributed by atoms with van der Waals surface area (Å²) >= 11 is 0. The number of carbonyl (C=O) groups is 2. The maximum atomic E-state index is 12.1. The first-order chi connectivity index (χ1) is 14.0. The van der Waals surface area contributed by atoms with Crippen LogP contribution in [0.1, 0.15) is 5.56 Å². The molecule has 0 spiro atoms. The number of nitrogens with one attached hydrogen (secondary N) is 1. The van der Waals surface area contributed by atoms with Gasteiger partial charge >= 0.3 is 5.97 Å². The molecule has 8 heteroatoms. The molecule has 150 valence electrons. The molecule has 0 fully saturated rings. The van der Waals surface area contributed by atoms with Gasteiger partial charge in [0.25, 0.3) is 5.91 Å². The van der Waals surface area contributed by atoms with Crippen molar-refractivity contribution in [3.63, 3.8) is 0 Å². The van der Waals surface area contributed by atoms with E-state index in [1.807, 2.05) is 0 Å². The molecule has 0 heterocycles. The van der Waals surface area contributed by atoms with Crippen molar-refractivity contribution >= 4 is 23.6 Å². The van der Waals surface area contributed by atoms with Gasteiger partial charge in [-0.05, 0) is 35.9 Å². The van der Waals surface area contributed by atoms with Crippen LogP contribution >= 0.6 is 0 Å². The van der Waals surface area contributed by atoms with E-state index in [9.17, 15) is 14.9 Å². The number of amides is 1. The van der Waals surface area contributed by atoms with Gasteiger partial charge in [-0.25, -0.2) is 4.79 Å². The number of hydrogen-bond acceptors (Lipinski definition) is 7. The van der Waals surface area contributed by atoms with Crippen molar-refractivity contribution in [1.29, 1.82) is 5.26 Å². The zero-order valence-corrected chi connectivity index (χ0v) is 16.2. The second-order valence-electron chi connectivity index (χ2n) is 5.64. The summed E-state index contributed by atoms with van der Waals surface area (Å²) in [6.07, 6.45) is 1.36. The van der Waals surface area contributed by atoms with Crippen molar-refractivity contribution in [1.82, 2.24) is 0 Å². The predicted molar refractivity (Wildman–Crippen MR) is 106 cm³/mol. The maximum Gasteiger partial charge on any atom is 0.349 e. The normalized spacial score (nSPS) is 10.5. The third-order valence-electron chi connectivity index (χ3n) is 3.75. The Morgan fingerprint density at radius 3 is 2.45 bits per heavy atom. The second-order valence-corrected chi connectivity index (χ2v) is 5.64. The largest absolute Gasteiger partial charge is 0.497 e. The Morgan fingerprint density at radius 2 is 1.79 bits per heavy atom.